The summed E-state index contributed by atoms with van der Waals surface area (Å²) in [5, 5.41) is 9.88. The van der Waals surface area contributed by atoms with E-state index in [9.17, 15) is 9.90 Å². The number of Topliss-reactive ketones (excluding diaryl/α,β-unsaturated/α-hetero) is 1. The van der Waals surface area contributed by atoms with Gasteiger partial charge in [0, 0.05) is 14.5 Å². The molecular weight excluding hydrogens is 248 g/mol. The van der Waals surface area contributed by atoms with E-state index < -0.39 is 11.8 Å². The zero-order valence-corrected chi connectivity index (χ0v) is 11.7. The van der Waals surface area contributed by atoms with Crippen LogP contribution in [0.3, 0.4) is 0 Å². The predicted molar refractivity (Wildman–Crippen MR) is 77.7 cm³/mol. The summed E-state index contributed by atoms with van der Waals surface area (Å²) >= 11 is 0. The van der Waals surface area contributed by atoms with Gasteiger partial charge in [-0.25, -0.2) is 0 Å². The Morgan fingerprint density at radius 3 is 3.15 bits per heavy atom. The molecule has 0 aromatic heterocycles. The highest BCUT2D eigenvalue weighted by Crippen LogP contribution is 2.59. The lowest BCUT2D eigenvalue weighted by molar-refractivity contribution is -0.129. The monoisotopic (exact) mass is 274 g/mol. The van der Waals surface area contributed by atoms with Gasteiger partial charge < -0.3 is 5.11 Å². The minimum atomic E-state index is -1.73. The highest BCUT2D eigenvalue weighted by molar-refractivity contribution is 5.87. The van der Waals surface area contributed by atoms with Gasteiger partial charge in [-0.2, -0.15) is 0 Å². The van der Waals surface area contributed by atoms with E-state index in [1.165, 1.54) is 0 Å². The molecule has 3 aliphatic rings. The number of rotatable bonds is 0. The first kappa shape index (κ1) is 8.86. The van der Waals surface area contributed by atoms with E-state index in [0.29, 0.717) is 19.3 Å². The summed E-state index contributed by atoms with van der Waals surface area (Å²) in [6, 6.07) is 1.75. The Labute approximate surface area is 125 Å². The average Bonchev–Trinajstić information content (AvgIpc) is 2.72. The number of ketones is 1. The lowest BCUT2D eigenvalue weighted by Crippen LogP contribution is -2.42. The Hall–Kier alpha value is -1.31. The SMILES string of the molecule is [2H]c1cc2c(c([2H])c1O)CC[C@@H]1[C@@H]2CC[C@]2(C)C(=O)C([2H])([2H])C[C@@H]12. The summed E-state index contributed by atoms with van der Waals surface area (Å²) in [6.07, 6.45) is 1.49. The Bertz CT molecular complexity index is 745. The van der Waals surface area contributed by atoms with Gasteiger partial charge in [0.2, 0.25) is 0 Å². The van der Waals surface area contributed by atoms with Crippen LogP contribution in [0.5, 0.6) is 5.75 Å². The van der Waals surface area contributed by atoms with Gasteiger partial charge in [-0.15, -0.1) is 0 Å². The third-order valence-corrected chi connectivity index (χ3v) is 5.94. The maximum atomic E-state index is 12.6. The number of carbonyl (C=O) groups is 1. The van der Waals surface area contributed by atoms with Crippen molar-refractivity contribution in [3.8, 4) is 5.75 Å². The van der Waals surface area contributed by atoms with Crippen LogP contribution in [0.25, 0.3) is 0 Å². The molecule has 2 fully saturated rings. The highest BCUT2D eigenvalue weighted by Gasteiger charge is 2.54. The molecule has 4 rings (SSSR count). The number of carbonyl (C=O) groups excluding carboxylic acids is 1. The van der Waals surface area contributed by atoms with Crippen molar-refractivity contribution >= 4 is 5.78 Å². The number of aromatic hydroxyl groups is 1. The zero-order chi connectivity index (χ0) is 17.4. The molecule has 0 saturated heterocycles. The standard InChI is InChI=1S/C18H22O2/c1-18-9-8-14-13-5-3-12(19)10-11(13)2-4-15(14)16(18)6-7-17(18)20/h3,5,10,14-16,19H,2,4,6-9H2,1H3/t14-,15-,16+,18+/m1/s1/i3D,7D2,10D. The van der Waals surface area contributed by atoms with E-state index in [1.807, 2.05) is 6.92 Å². The van der Waals surface area contributed by atoms with Crippen molar-refractivity contribution in [3.63, 3.8) is 0 Å². The number of phenolic OH excluding ortho intramolecular Hbond substituents is 1. The van der Waals surface area contributed by atoms with Crippen LogP contribution in [-0.2, 0) is 11.2 Å². The Morgan fingerprint density at radius 1 is 1.45 bits per heavy atom. The van der Waals surface area contributed by atoms with E-state index in [-0.39, 0.29) is 41.4 Å². The first-order valence-electron chi connectivity index (χ1n) is 9.53. The third-order valence-electron chi connectivity index (χ3n) is 5.94. The molecule has 1 aromatic carbocycles. The minimum Gasteiger partial charge on any atom is -0.508 e. The molecule has 4 atom stereocenters. The van der Waals surface area contributed by atoms with Crippen LogP contribution in [-0.4, -0.2) is 10.9 Å². The van der Waals surface area contributed by atoms with Gasteiger partial charge in [0.25, 0.3) is 0 Å². The molecule has 20 heavy (non-hydrogen) atoms. The van der Waals surface area contributed by atoms with E-state index >= 15 is 0 Å². The molecule has 0 radical (unpaired) electrons. The summed E-state index contributed by atoms with van der Waals surface area (Å²) in [4.78, 5) is 12.6. The third kappa shape index (κ3) is 1.54. The van der Waals surface area contributed by atoms with Crippen LogP contribution < -0.4 is 0 Å². The Morgan fingerprint density at radius 2 is 2.30 bits per heavy atom. The second kappa shape index (κ2) is 4.09. The summed E-state index contributed by atoms with van der Waals surface area (Å²) in [7, 11) is 0. The van der Waals surface area contributed by atoms with Crippen LogP contribution in [0.2, 0.25) is 0 Å². The van der Waals surface area contributed by atoms with Crippen molar-refractivity contribution in [2.24, 2.45) is 17.3 Å². The van der Waals surface area contributed by atoms with E-state index in [1.54, 1.807) is 6.07 Å². The van der Waals surface area contributed by atoms with Gasteiger partial charge in [0.15, 0.2) is 0 Å². The molecule has 1 N–H and O–H groups in total. The van der Waals surface area contributed by atoms with Gasteiger partial charge in [-0.3, -0.25) is 4.79 Å². The molecule has 0 aliphatic heterocycles. The van der Waals surface area contributed by atoms with Crippen molar-refractivity contribution in [1.82, 2.24) is 0 Å². The van der Waals surface area contributed by atoms with Crippen LogP contribution in [0, 0.1) is 17.3 Å². The molecular formula is C18H22O2. The smallest absolute Gasteiger partial charge is 0.139 e. The lowest BCUT2D eigenvalue weighted by atomic mass is 9.55. The summed E-state index contributed by atoms with van der Waals surface area (Å²) < 4.78 is 32.2. The zero-order valence-electron chi connectivity index (χ0n) is 15.7. The quantitative estimate of drug-likeness (QED) is 0.781. The molecule has 1 aromatic rings. The average molecular weight is 274 g/mol. The van der Waals surface area contributed by atoms with Crippen molar-refractivity contribution < 1.29 is 15.4 Å². The largest absolute Gasteiger partial charge is 0.508 e. The van der Waals surface area contributed by atoms with Crippen LogP contribution >= 0.6 is 0 Å². The van der Waals surface area contributed by atoms with Gasteiger partial charge in [-0.05, 0) is 73.1 Å². The van der Waals surface area contributed by atoms with Gasteiger partial charge >= 0.3 is 0 Å². The molecule has 0 bridgehead atoms. The Kier molecular flexibility index (Phi) is 1.81. The van der Waals surface area contributed by atoms with Crippen molar-refractivity contribution in [3.05, 3.63) is 29.3 Å². The number of hydrogen-bond acceptors (Lipinski definition) is 2. The summed E-state index contributed by atoms with van der Waals surface area (Å²) in [5.41, 5.74) is 1.23. The fourth-order valence-corrected chi connectivity index (χ4v) is 4.79. The topological polar surface area (TPSA) is 37.3 Å². The molecule has 0 heterocycles. The molecule has 0 amide bonds. The lowest BCUT2D eigenvalue weighted by Gasteiger charge is -2.48. The number of benzene rings is 1. The second-order valence-corrected chi connectivity index (χ2v) is 6.78. The number of fused-ring (bicyclic) bond motifs is 5. The van der Waals surface area contributed by atoms with E-state index in [4.69, 9.17) is 5.48 Å². The van der Waals surface area contributed by atoms with Gasteiger partial charge in [0.1, 0.15) is 11.5 Å². The maximum absolute atomic E-state index is 12.6. The molecule has 0 spiro atoms. The Balaban J connectivity index is 1.78. The van der Waals surface area contributed by atoms with Gasteiger partial charge in [0.05, 0.1) is 2.74 Å². The number of hydrogen-bond donors (Lipinski definition) is 1. The molecule has 106 valence electrons. The molecule has 0 unspecified atom stereocenters. The summed E-state index contributed by atoms with van der Waals surface area (Å²) in [6.45, 7) is 1.93. The van der Waals surface area contributed by atoms with E-state index in [0.717, 1.165) is 24.0 Å². The fraction of sp³-hybridized carbons (Fsp3) is 0.611. The molecule has 3 aliphatic carbocycles. The van der Waals surface area contributed by atoms with Gasteiger partial charge in [-0.1, -0.05) is 13.0 Å². The highest BCUT2D eigenvalue weighted by atomic mass is 16.3. The van der Waals surface area contributed by atoms with Crippen LogP contribution in [0.15, 0.2) is 18.2 Å². The van der Waals surface area contributed by atoms with Crippen LogP contribution in [0.4, 0.5) is 0 Å². The molecule has 2 heteroatoms. The van der Waals surface area contributed by atoms with Crippen molar-refractivity contribution in [1.29, 1.82) is 0 Å². The normalized spacial score (nSPS) is 44.5. The van der Waals surface area contributed by atoms with Crippen molar-refractivity contribution in [2.45, 2.75) is 51.3 Å². The number of phenols is 1. The molecule has 2 saturated carbocycles. The fourth-order valence-electron chi connectivity index (χ4n) is 4.79. The van der Waals surface area contributed by atoms with Crippen molar-refractivity contribution in [2.75, 3.05) is 0 Å². The second-order valence-electron chi connectivity index (χ2n) is 6.78. The first-order valence-corrected chi connectivity index (χ1v) is 7.53. The first-order chi connectivity index (χ1) is 11.2. The predicted octanol–water partition coefficient (Wildman–Crippen LogP) is 3.82. The maximum Gasteiger partial charge on any atom is 0.139 e. The minimum absolute atomic E-state index is 0.00874. The molecule has 2 nitrogen and oxygen atoms in total. The summed E-state index contributed by atoms with van der Waals surface area (Å²) in [5.74, 6) is -0.0648. The van der Waals surface area contributed by atoms with E-state index in [2.05, 4.69) is 0 Å². The van der Waals surface area contributed by atoms with Crippen LogP contribution in [0.1, 0.15) is 61.5 Å².